The summed E-state index contributed by atoms with van der Waals surface area (Å²) in [5.74, 6) is 1.86. The van der Waals surface area contributed by atoms with Gasteiger partial charge < -0.3 is 9.88 Å². The minimum atomic E-state index is 0.586. The van der Waals surface area contributed by atoms with E-state index in [9.17, 15) is 0 Å². The topological polar surface area (TPSA) is 42.7 Å². The van der Waals surface area contributed by atoms with E-state index in [0.717, 1.165) is 18.6 Å². The molecule has 2 aromatic heterocycles. The van der Waals surface area contributed by atoms with Crippen LogP contribution in [0.4, 0.5) is 0 Å². The smallest absolute Gasteiger partial charge is 0.114 e. The molecular formula is C13H16N4. The molecule has 0 amide bonds. The molecule has 88 valence electrons. The molecular weight excluding hydrogens is 212 g/mol. The van der Waals surface area contributed by atoms with Gasteiger partial charge in [0, 0.05) is 24.7 Å². The van der Waals surface area contributed by atoms with E-state index in [1.165, 1.54) is 30.6 Å². The van der Waals surface area contributed by atoms with Crippen LogP contribution in [-0.2, 0) is 0 Å². The average Bonchev–Trinajstić information content (AvgIpc) is 2.94. The second-order valence-corrected chi connectivity index (χ2v) is 5.13. The van der Waals surface area contributed by atoms with Crippen molar-refractivity contribution in [3.05, 3.63) is 24.3 Å². The molecule has 4 nitrogen and oxygen atoms in total. The highest BCUT2D eigenvalue weighted by molar-refractivity contribution is 5.75. The van der Waals surface area contributed by atoms with Crippen LogP contribution in [0.25, 0.3) is 11.0 Å². The Morgan fingerprint density at radius 2 is 2.24 bits per heavy atom. The van der Waals surface area contributed by atoms with E-state index >= 15 is 0 Å². The van der Waals surface area contributed by atoms with Crippen LogP contribution in [0.1, 0.15) is 37.0 Å². The van der Waals surface area contributed by atoms with Gasteiger partial charge in [0.25, 0.3) is 0 Å². The molecule has 0 spiro atoms. The maximum atomic E-state index is 4.82. The van der Waals surface area contributed by atoms with E-state index in [4.69, 9.17) is 4.98 Å². The van der Waals surface area contributed by atoms with Gasteiger partial charge in [-0.2, -0.15) is 0 Å². The molecule has 1 aliphatic heterocycles. The maximum absolute atomic E-state index is 4.82. The third-order valence-electron chi connectivity index (χ3n) is 3.86. The number of nitrogens with one attached hydrogen (secondary N) is 1. The van der Waals surface area contributed by atoms with Gasteiger partial charge in [-0.05, 0) is 31.9 Å². The highest BCUT2D eigenvalue weighted by Crippen LogP contribution is 2.40. The minimum Gasteiger partial charge on any atom is -0.324 e. The molecule has 0 bridgehead atoms. The molecule has 2 fully saturated rings. The van der Waals surface area contributed by atoms with Crippen molar-refractivity contribution in [1.82, 2.24) is 19.9 Å². The second-order valence-electron chi connectivity index (χ2n) is 5.13. The van der Waals surface area contributed by atoms with E-state index < -0.39 is 0 Å². The minimum absolute atomic E-state index is 0.586. The first-order valence-corrected chi connectivity index (χ1v) is 6.46. The number of fused-ring (bicyclic) bond motifs is 1. The van der Waals surface area contributed by atoms with Crippen LogP contribution in [0.2, 0.25) is 0 Å². The van der Waals surface area contributed by atoms with Crippen molar-refractivity contribution in [3.8, 4) is 0 Å². The Kier molecular flexibility index (Phi) is 1.99. The third kappa shape index (κ3) is 1.47. The van der Waals surface area contributed by atoms with Gasteiger partial charge >= 0.3 is 0 Å². The summed E-state index contributed by atoms with van der Waals surface area (Å²) in [6.07, 6.45) is 7.59. The van der Waals surface area contributed by atoms with Crippen LogP contribution in [0.5, 0.6) is 0 Å². The molecule has 1 saturated heterocycles. The van der Waals surface area contributed by atoms with Gasteiger partial charge in [-0.1, -0.05) is 0 Å². The normalized spacial score (nSPS) is 24.6. The molecule has 1 atom stereocenters. The van der Waals surface area contributed by atoms with Crippen LogP contribution in [0.15, 0.2) is 18.5 Å². The summed E-state index contributed by atoms with van der Waals surface area (Å²) in [7, 11) is 0. The predicted octanol–water partition coefficient (Wildman–Crippen LogP) is 1.84. The summed E-state index contributed by atoms with van der Waals surface area (Å²) in [5, 5.41) is 3.43. The van der Waals surface area contributed by atoms with Crippen molar-refractivity contribution in [2.45, 2.75) is 31.2 Å². The van der Waals surface area contributed by atoms with Crippen molar-refractivity contribution in [1.29, 1.82) is 0 Å². The zero-order chi connectivity index (χ0) is 11.2. The lowest BCUT2D eigenvalue weighted by molar-refractivity contribution is 0.622. The lowest BCUT2D eigenvalue weighted by atomic mass is 10.1. The Labute approximate surface area is 100 Å². The molecule has 0 aromatic carbocycles. The van der Waals surface area contributed by atoms with Gasteiger partial charge in [0.05, 0.1) is 11.7 Å². The molecule has 17 heavy (non-hydrogen) atoms. The third-order valence-corrected chi connectivity index (χ3v) is 3.86. The van der Waals surface area contributed by atoms with Crippen LogP contribution < -0.4 is 5.32 Å². The van der Waals surface area contributed by atoms with Crippen LogP contribution in [0, 0.1) is 0 Å². The van der Waals surface area contributed by atoms with E-state index in [1.54, 1.807) is 0 Å². The fraction of sp³-hybridized carbons (Fsp3) is 0.538. The van der Waals surface area contributed by atoms with E-state index in [2.05, 4.69) is 20.9 Å². The van der Waals surface area contributed by atoms with Crippen LogP contribution >= 0.6 is 0 Å². The van der Waals surface area contributed by atoms with Crippen molar-refractivity contribution in [2.75, 3.05) is 13.1 Å². The first-order chi connectivity index (χ1) is 8.43. The van der Waals surface area contributed by atoms with Gasteiger partial charge in [0.15, 0.2) is 0 Å². The fourth-order valence-corrected chi connectivity index (χ4v) is 2.85. The standard InChI is InChI=1S/C13H16N4/c1-2-10(1)17-12-4-6-15-8-11(12)16-13(17)9-3-5-14-7-9/h4,6,8-10,14H,1-3,5,7H2. The van der Waals surface area contributed by atoms with Gasteiger partial charge in [-0.15, -0.1) is 0 Å². The summed E-state index contributed by atoms with van der Waals surface area (Å²) in [4.78, 5) is 9.00. The first-order valence-electron chi connectivity index (χ1n) is 6.46. The van der Waals surface area contributed by atoms with Crippen molar-refractivity contribution in [2.24, 2.45) is 0 Å². The monoisotopic (exact) mass is 228 g/mol. The molecule has 1 aliphatic carbocycles. The van der Waals surface area contributed by atoms with Crippen LogP contribution in [0.3, 0.4) is 0 Å². The molecule has 0 radical (unpaired) electrons. The summed E-state index contributed by atoms with van der Waals surface area (Å²) >= 11 is 0. The molecule has 1 N–H and O–H groups in total. The molecule has 4 heteroatoms. The molecule has 1 saturated carbocycles. The first kappa shape index (κ1) is 9.59. The van der Waals surface area contributed by atoms with Crippen molar-refractivity contribution in [3.63, 3.8) is 0 Å². The Balaban J connectivity index is 1.91. The highest BCUT2D eigenvalue weighted by atomic mass is 15.1. The highest BCUT2D eigenvalue weighted by Gasteiger charge is 2.31. The number of imidazole rings is 1. The molecule has 2 aromatic rings. The summed E-state index contributed by atoms with van der Waals surface area (Å²) in [5.41, 5.74) is 2.32. The number of hydrogen-bond donors (Lipinski definition) is 1. The number of hydrogen-bond acceptors (Lipinski definition) is 3. The lowest BCUT2D eigenvalue weighted by Gasteiger charge is -2.11. The number of rotatable bonds is 2. The van der Waals surface area contributed by atoms with Crippen LogP contribution in [-0.4, -0.2) is 27.6 Å². The molecule has 2 aliphatic rings. The number of aromatic nitrogens is 3. The molecule has 3 heterocycles. The Morgan fingerprint density at radius 1 is 1.29 bits per heavy atom. The van der Waals surface area contributed by atoms with E-state index in [-0.39, 0.29) is 0 Å². The van der Waals surface area contributed by atoms with E-state index in [0.29, 0.717) is 12.0 Å². The zero-order valence-electron chi connectivity index (χ0n) is 9.76. The molecule has 1 unspecified atom stereocenters. The lowest BCUT2D eigenvalue weighted by Crippen LogP contribution is -2.12. The largest absolute Gasteiger partial charge is 0.324 e. The SMILES string of the molecule is c1cc2c(cn1)nc(C1CCNC1)n2C1CC1. The average molecular weight is 228 g/mol. The number of pyridine rings is 1. The Bertz CT molecular complexity index is 550. The second kappa shape index (κ2) is 3.53. The van der Waals surface area contributed by atoms with E-state index in [1.807, 2.05) is 12.4 Å². The molecule has 4 rings (SSSR count). The maximum Gasteiger partial charge on any atom is 0.114 e. The van der Waals surface area contributed by atoms with Crippen molar-refractivity contribution >= 4 is 11.0 Å². The van der Waals surface area contributed by atoms with Gasteiger partial charge in [-0.3, -0.25) is 4.98 Å². The van der Waals surface area contributed by atoms with Crippen molar-refractivity contribution < 1.29 is 0 Å². The Morgan fingerprint density at radius 3 is 3.00 bits per heavy atom. The zero-order valence-corrected chi connectivity index (χ0v) is 9.76. The predicted molar refractivity (Wildman–Crippen MR) is 66.0 cm³/mol. The van der Waals surface area contributed by atoms with Gasteiger partial charge in [-0.25, -0.2) is 4.98 Å². The fourth-order valence-electron chi connectivity index (χ4n) is 2.85. The van der Waals surface area contributed by atoms with Gasteiger partial charge in [0.1, 0.15) is 11.3 Å². The summed E-state index contributed by atoms with van der Waals surface area (Å²) in [6, 6.07) is 2.80. The Hall–Kier alpha value is -1.42. The summed E-state index contributed by atoms with van der Waals surface area (Å²) in [6.45, 7) is 2.19. The van der Waals surface area contributed by atoms with Gasteiger partial charge in [0.2, 0.25) is 0 Å². The quantitative estimate of drug-likeness (QED) is 0.853. The number of nitrogens with zero attached hydrogens (tertiary/aromatic N) is 3. The summed E-state index contributed by atoms with van der Waals surface area (Å²) < 4.78 is 2.47.